The van der Waals surface area contributed by atoms with Crippen LogP contribution in [0.15, 0.2) is 59.5 Å². The monoisotopic (exact) mass is 445 g/mol. The number of amides is 2. The van der Waals surface area contributed by atoms with Gasteiger partial charge in [0.25, 0.3) is 0 Å². The van der Waals surface area contributed by atoms with Gasteiger partial charge in [-0.2, -0.15) is 4.31 Å². The highest BCUT2D eigenvalue weighted by atomic mass is 32.2. The first kappa shape index (κ1) is 22.9. The summed E-state index contributed by atoms with van der Waals surface area (Å²) in [5.41, 5.74) is 2.01. The van der Waals surface area contributed by atoms with Crippen LogP contribution in [-0.2, 0) is 30.8 Å². The Kier molecular flexibility index (Phi) is 7.78. The third-order valence-corrected chi connectivity index (χ3v) is 6.87. The number of rotatable bonds is 7. The van der Waals surface area contributed by atoms with Crippen LogP contribution in [0, 0.1) is 6.92 Å². The number of aryl methyl sites for hydroxylation is 1. The molecule has 2 aromatic carbocycles. The first-order valence-corrected chi connectivity index (χ1v) is 11.6. The topological polar surface area (TPSA) is 105 Å². The lowest BCUT2D eigenvalue weighted by Crippen LogP contribution is -2.53. The van der Waals surface area contributed by atoms with Crippen molar-refractivity contribution in [1.82, 2.24) is 14.9 Å². The molecule has 2 N–H and O–H groups in total. The highest BCUT2D eigenvalue weighted by Crippen LogP contribution is 2.22. The molecule has 8 nitrogen and oxygen atoms in total. The van der Waals surface area contributed by atoms with Crippen molar-refractivity contribution in [2.24, 2.45) is 0 Å². The van der Waals surface area contributed by atoms with E-state index in [0.717, 1.165) is 11.1 Å². The second kappa shape index (κ2) is 10.5. The zero-order valence-corrected chi connectivity index (χ0v) is 18.2. The lowest BCUT2D eigenvalue weighted by atomic mass is 10.1. The Bertz CT molecular complexity index is 994. The van der Waals surface area contributed by atoms with Crippen LogP contribution in [0.5, 0.6) is 0 Å². The summed E-state index contributed by atoms with van der Waals surface area (Å²) in [6.45, 7) is 2.74. The van der Waals surface area contributed by atoms with Gasteiger partial charge in [-0.05, 0) is 37.5 Å². The molecule has 1 aliphatic heterocycles. The number of hydrogen-bond acceptors (Lipinski definition) is 5. The molecule has 0 saturated carbocycles. The van der Waals surface area contributed by atoms with Crippen molar-refractivity contribution in [1.29, 1.82) is 0 Å². The molecule has 1 saturated heterocycles. The van der Waals surface area contributed by atoms with E-state index in [0.29, 0.717) is 26.0 Å². The minimum Gasteiger partial charge on any atom is -0.360 e. The number of hydrogen-bond donors (Lipinski definition) is 2. The molecule has 0 aromatic heterocycles. The number of nitrogens with zero attached hydrogens (tertiary/aromatic N) is 1. The first-order valence-electron chi connectivity index (χ1n) is 10.2. The number of nitrogens with one attached hydrogen (secondary N) is 2. The third kappa shape index (κ3) is 6.13. The van der Waals surface area contributed by atoms with Crippen molar-refractivity contribution in [2.45, 2.75) is 30.9 Å². The molecule has 2 aromatic rings. The molecular weight excluding hydrogens is 418 g/mol. The number of ether oxygens (including phenoxy) is 1. The van der Waals surface area contributed by atoms with E-state index >= 15 is 0 Å². The molecule has 1 heterocycles. The van der Waals surface area contributed by atoms with Crippen LogP contribution in [0.3, 0.4) is 0 Å². The summed E-state index contributed by atoms with van der Waals surface area (Å²) in [4.78, 5) is 24.4. The Labute approximate surface area is 182 Å². The summed E-state index contributed by atoms with van der Waals surface area (Å²) >= 11 is 0. The van der Waals surface area contributed by atoms with Gasteiger partial charge in [0.05, 0.1) is 18.0 Å². The average Bonchev–Trinajstić information content (AvgIpc) is 2.78. The first-order chi connectivity index (χ1) is 14.9. The van der Waals surface area contributed by atoms with Crippen molar-refractivity contribution >= 4 is 21.8 Å². The van der Waals surface area contributed by atoms with Crippen LogP contribution in [0.25, 0.3) is 0 Å². The van der Waals surface area contributed by atoms with Gasteiger partial charge in [-0.25, -0.2) is 8.42 Å². The highest BCUT2D eigenvalue weighted by molar-refractivity contribution is 7.89. The summed E-state index contributed by atoms with van der Waals surface area (Å²) in [6, 6.07) is 16.2. The number of sulfonamides is 1. The SMILES string of the molecule is Cc1ccc(S(=O)(=O)N2CCCO[C@H]2CNC(=O)C(=O)NCCc2ccccc2)cc1. The number of carbonyl (C=O) groups excluding carboxylic acids is 2. The minimum atomic E-state index is -3.78. The zero-order valence-electron chi connectivity index (χ0n) is 17.4. The Morgan fingerprint density at radius 2 is 1.71 bits per heavy atom. The second-order valence-corrected chi connectivity index (χ2v) is 9.20. The zero-order chi connectivity index (χ0) is 22.3. The Morgan fingerprint density at radius 3 is 2.42 bits per heavy atom. The lowest BCUT2D eigenvalue weighted by molar-refractivity contribution is -0.140. The van der Waals surface area contributed by atoms with Gasteiger partial charge in [-0.15, -0.1) is 0 Å². The molecule has 0 bridgehead atoms. The molecule has 166 valence electrons. The van der Waals surface area contributed by atoms with Gasteiger partial charge in [0.15, 0.2) is 0 Å². The van der Waals surface area contributed by atoms with Crippen LogP contribution < -0.4 is 10.6 Å². The van der Waals surface area contributed by atoms with Crippen LogP contribution in [0.2, 0.25) is 0 Å². The molecule has 0 radical (unpaired) electrons. The Morgan fingerprint density at radius 1 is 1.03 bits per heavy atom. The van der Waals surface area contributed by atoms with E-state index in [2.05, 4.69) is 10.6 Å². The summed E-state index contributed by atoms with van der Waals surface area (Å²) in [5, 5.41) is 5.05. The van der Waals surface area contributed by atoms with E-state index < -0.39 is 28.1 Å². The predicted molar refractivity (Wildman–Crippen MR) is 116 cm³/mol. The van der Waals surface area contributed by atoms with E-state index in [1.165, 1.54) is 4.31 Å². The normalized spacial score (nSPS) is 17.1. The number of carbonyl (C=O) groups is 2. The summed E-state index contributed by atoms with van der Waals surface area (Å²) in [6.07, 6.45) is 0.282. The largest absolute Gasteiger partial charge is 0.360 e. The second-order valence-electron chi connectivity index (χ2n) is 7.31. The van der Waals surface area contributed by atoms with Crippen molar-refractivity contribution in [3.8, 4) is 0 Å². The maximum absolute atomic E-state index is 13.0. The standard InChI is InChI=1S/C22H27N3O5S/c1-17-8-10-19(11-9-17)31(28,29)25-14-5-15-30-20(25)16-24-22(27)21(26)23-13-12-18-6-3-2-4-7-18/h2-4,6-11,20H,5,12-16H2,1H3,(H,23,26)(H,24,27)/t20-/m0/s1. The van der Waals surface area contributed by atoms with Crippen molar-refractivity contribution in [2.75, 3.05) is 26.2 Å². The van der Waals surface area contributed by atoms with Crippen LogP contribution in [0.4, 0.5) is 0 Å². The summed E-state index contributed by atoms with van der Waals surface area (Å²) in [7, 11) is -3.78. The van der Waals surface area contributed by atoms with Gasteiger partial charge in [0, 0.05) is 13.1 Å². The maximum Gasteiger partial charge on any atom is 0.309 e. The van der Waals surface area contributed by atoms with Gasteiger partial charge >= 0.3 is 11.8 Å². The average molecular weight is 446 g/mol. The molecule has 31 heavy (non-hydrogen) atoms. The van der Waals surface area contributed by atoms with Gasteiger partial charge in [-0.3, -0.25) is 9.59 Å². The van der Waals surface area contributed by atoms with Crippen LogP contribution in [0.1, 0.15) is 17.5 Å². The molecule has 3 rings (SSSR count). The Balaban J connectivity index is 1.54. The lowest BCUT2D eigenvalue weighted by Gasteiger charge is -2.34. The molecule has 0 spiro atoms. The van der Waals surface area contributed by atoms with Gasteiger partial charge < -0.3 is 15.4 Å². The molecular formula is C22H27N3O5S. The van der Waals surface area contributed by atoms with E-state index in [1.807, 2.05) is 37.3 Å². The van der Waals surface area contributed by atoms with E-state index in [4.69, 9.17) is 4.74 Å². The fraction of sp³-hybridized carbons (Fsp3) is 0.364. The molecule has 1 aliphatic rings. The summed E-state index contributed by atoms with van der Waals surface area (Å²) in [5.74, 6) is -1.59. The van der Waals surface area contributed by atoms with Crippen molar-refractivity contribution in [3.05, 3.63) is 65.7 Å². The highest BCUT2D eigenvalue weighted by Gasteiger charge is 2.34. The molecule has 9 heteroatoms. The van der Waals surface area contributed by atoms with Crippen LogP contribution in [-0.4, -0.2) is 57.0 Å². The molecule has 1 fully saturated rings. The van der Waals surface area contributed by atoms with Crippen molar-refractivity contribution in [3.63, 3.8) is 0 Å². The van der Waals surface area contributed by atoms with Gasteiger partial charge in [0.1, 0.15) is 6.23 Å². The van der Waals surface area contributed by atoms with Gasteiger partial charge in [-0.1, -0.05) is 48.0 Å². The maximum atomic E-state index is 13.0. The van der Waals surface area contributed by atoms with E-state index in [1.54, 1.807) is 24.3 Å². The minimum absolute atomic E-state index is 0.115. The number of benzene rings is 2. The molecule has 2 amide bonds. The van der Waals surface area contributed by atoms with Crippen molar-refractivity contribution < 1.29 is 22.7 Å². The summed E-state index contributed by atoms with van der Waals surface area (Å²) < 4.78 is 32.9. The molecule has 1 atom stereocenters. The quantitative estimate of drug-likeness (QED) is 0.624. The molecule has 0 aliphatic carbocycles. The third-order valence-electron chi connectivity index (χ3n) is 4.97. The fourth-order valence-electron chi connectivity index (χ4n) is 3.25. The van der Waals surface area contributed by atoms with Gasteiger partial charge in [0.2, 0.25) is 10.0 Å². The van der Waals surface area contributed by atoms with Crippen LogP contribution >= 0.6 is 0 Å². The molecule has 0 unspecified atom stereocenters. The fourth-order valence-corrected chi connectivity index (χ4v) is 4.82. The van der Waals surface area contributed by atoms with E-state index in [9.17, 15) is 18.0 Å². The smallest absolute Gasteiger partial charge is 0.309 e. The Hall–Kier alpha value is -2.75. The predicted octanol–water partition coefficient (Wildman–Crippen LogP) is 1.21. The van der Waals surface area contributed by atoms with E-state index in [-0.39, 0.29) is 18.0 Å².